The van der Waals surface area contributed by atoms with Crippen LogP contribution in [0.3, 0.4) is 0 Å². The van der Waals surface area contributed by atoms with E-state index >= 15 is 0 Å². The van der Waals surface area contributed by atoms with E-state index in [4.69, 9.17) is 5.11 Å². The normalized spacial score (nSPS) is 13.4. The van der Waals surface area contributed by atoms with Crippen LogP contribution in [0.4, 0.5) is 0 Å². The second-order valence-electron chi connectivity index (χ2n) is 5.18. The van der Waals surface area contributed by atoms with E-state index in [-0.39, 0.29) is 6.61 Å². The van der Waals surface area contributed by atoms with Crippen molar-refractivity contribution < 1.29 is 5.11 Å². The first-order valence-corrected chi connectivity index (χ1v) is 6.27. The Morgan fingerprint density at radius 1 is 0.938 bits per heavy atom. The quantitative estimate of drug-likeness (QED) is 0.797. The second kappa shape index (κ2) is 6.05. The van der Waals surface area contributed by atoms with Gasteiger partial charge >= 0.3 is 0 Å². The van der Waals surface area contributed by atoms with Crippen molar-refractivity contribution >= 4 is 0 Å². The average Bonchev–Trinajstić information content (AvgIpc) is 2.25. The predicted molar refractivity (Wildman–Crippen MR) is 69.8 cm³/mol. The van der Waals surface area contributed by atoms with Crippen LogP contribution in [0.15, 0.2) is 24.3 Å². The molecule has 0 heterocycles. The molecule has 0 fully saturated rings. The van der Waals surface area contributed by atoms with Crippen LogP contribution in [0.25, 0.3) is 0 Å². The third-order valence-electron chi connectivity index (χ3n) is 3.28. The number of rotatable bonds is 5. The molecule has 0 aliphatic heterocycles. The van der Waals surface area contributed by atoms with Gasteiger partial charge in [0.2, 0.25) is 0 Å². The fraction of sp³-hybridized carbons (Fsp3) is 0.600. The van der Waals surface area contributed by atoms with Crippen molar-refractivity contribution in [2.75, 3.05) is 6.61 Å². The highest BCUT2D eigenvalue weighted by molar-refractivity contribution is 5.27. The molecule has 0 aromatic heterocycles. The molecule has 0 aliphatic carbocycles. The van der Waals surface area contributed by atoms with Crippen LogP contribution in [-0.2, 0) is 0 Å². The Kier molecular flexibility index (Phi) is 5.01. The molecule has 1 aromatic rings. The Morgan fingerprint density at radius 2 is 1.44 bits per heavy atom. The van der Waals surface area contributed by atoms with E-state index in [9.17, 15) is 0 Å². The molecular weight excluding hydrogens is 196 g/mol. The number of hydrogen-bond acceptors (Lipinski definition) is 1. The van der Waals surface area contributed by atoms with Crippen LogP contribution in [0.2, 0.25) is 0 Å². The molecule has 0 aliphatic rings. The van der Waals surface area contributed by atoms with Gasteiger partial charge in [-0.25, -0.2) is 0 Å². The molecule has 90 valence electrons. The van der Waals surface area contributed by atoms with Gasteiger partial charge in [-0.3, -0.25) is 0 Å². The van der Waals surface area contributed by atoms with Gasteiger partial charge in [-0.05, 0) is 35.3 Å². The molecular formula is C15H24O. The van der Waals surface area contributed by atoms with Gasteiger partial charge in [0.25, 0.3) is 0 Å². The summed E-state index contributed by atoms with van der Waals surface area (Å²) in [7, 11) is 0. The summed E-state index contributed by atoms with van der Waals surface area (Å²) in [5.41, 5.74) is 2.74. The lowest BCUT2D eigenvalue weighted by molar-refractivity contribution is 0.261. The Balaban J connectivity index is 2.85. The van der Waals surface area contributed by atoms with Crippen LogP contribution >= 0.6 is 0 Å². The van der Waals surface area contributed by atoms with E-state index in [0.717, 1.165) is 6.42 Å². The maximum absolute atomic E-state index is 9.09. The van der Waals surface area contributed by atoms with Crippen LogP contribution < -0.4 is 0 Å². The summed E-state index contributed by atoms with van der Waals surface area (Å²) in [5.74, 6) is 1.65. The van der Waals surface area contributed by atoms with Gasteiger partial charge in [-0.15, -0.1) is 0 Å². The molecule has 0 saturated heterocycles. The van der Waals surface area contributed by atoms with E-state index in [0.29, 0.717) is 17.8 Å². The van der Waals surface area contributed by atoms with Crippen molar-refractivity contribution in [3.8, 4) is 0 Å². The summed E-state index contributed by atoms with van der Waals surface area (Å²) in [4.78, 5) is 0. The van der Waals surface area contributed by atoms with Crippen molar-refractivity contribution in [3.05, 3.63) is 35.4 Å². The van der Waals surface area contributed by atoms with Crippen LogP contribution in [0.5, 0.6) is 0 Å². The van der Waals surface area contributed by atoms with Gasteiger partial charge in [0, 0.05) is 6.61 Å². The molecule has 1 N–H and O–H groups in total. The summed E-state index contributed by atoms with van der Waals surface area (Å²) in [6.07, 6.45) is 0.860. The molecule has 1 nitrogen and oxygen atoms in total. The van der Waals surface area contributed by atoms with E-state index < -0.39 is 0 Å². The van der Waals surface area contributed by atoms with E-state index in [1.54, 1.807) is 0 Å². The van der Waals surface area contributed by atoms with Gasteiger partial charge in [0.1, 0.15) is 0 Å². The zero-order valence-electron chi connectivity index (χ0n) is 10.9. The van der Waals surface area contributed by atoms with Gasteiger partial charge < -0.3 is 5.11 Å². The predicted octanol–water partition coefficient (Wildman–Crippen LogP) is 3.93. The Bertz CT molecular complexity index is 298. The van der Waals surface area contributed by atoms with E-state index in [1.807, 2.05) is 0 Å². The van der Waals surface area contributed by atoms with Crippen molar-refractivity contribution in [3.63, 3.8) is 0 Å². The summed E-state index contributed by atoms with van der Waals surface area (Å²) in [6.45, 7) is 9.13. The average molecular weight is 220 g/mol. The highest BCUT2D eigenvalue weighted by Gasteiger charge is 2.15. The maximum Gasteiger partial charge on any atom is 0.0436 e. The zero-order valence-corrected chi connectivity index (χ0v) is 10.9. The lowest BCUT2D eigenvalue weighted by Crippen LogP contribution is -2.08. The van der Waals surface area contributed by atoms with Crippen LogP contribution in [0, 0.1) is 5.92 Å². The molecule has 0 radical (unpaired) electrons. The molecule has 0 amide bonds. The summed E-state index contributed by atoms with van der Waals surface area (Å²) in [5, 5.41) is 9.09. The molecule has 16 heavy (non-hydrogen) atoms. The molecule has 1 unspecified atom stereocenters. The minimum atomic E-state index is 0.273. The minimum Gasteiger partial charge on any atom is -0.396 e. The molecule has 0 bridgehead atoms. The van der Waals surface area contributed by atoms with Gasteiger partial charge in [-0.1, -0.05) is 52.0 Å². The first-order valence-electron chi connectivity index (χ1n) is 6.27. The van der Waals surface area contributed by atoms with Crippen LogP contribution in [-0.4, -0.2) is 11.7 Å². The highest BCUT2D eigenvalue weighted by Crippen LogP contribution is 2.28. The molecule has 1 heteroatoms. The third-order valence-corrected chi connectivity index (χ3v) is 3.28. The highest BCUT2D eigenvalue weighted by atomic mass is 16.3. The topological polar surface area (TPSA) is 20.2 Å². The fourth-order valence-corrected chi connectivity index (χ4v) is 2.15. The number of aliphatic hydroxyl groups is 1. The monoisotopic (exact) mass is 220 g/mol. The maximum atomic E-state index is 9.09. The molecule has 1 aromatic carbocycles. The molecule has 1 rings (SSSR count). The van der Waals surface area contributed by atoms with Gasteiger partial charge in [-0.2, -0.15) is 0 Å². The summed E-state index contributed by atoms with van der Waals surface area (Å²) >= 11 is 0. The fourth-order valence-electron chi connectivity index (χ4n) is 2.15. The van der Waals surface area contributed by atoms with Crippen molar-refractivity contribution in [2.45, 2.75) is 46.0 Å². The number of aliphatic hydroxyl groups excluding tert-OH is 1. The third kappa shape index (κ3) is 3.34. The summed E-state index contributed by atoms with van der Waals surface area (Å²) in [6, 6.07) is 8.87. The van der Waals surface area contributed by atoms with Crippen molar-refractivity contribution in [1.29, 1.82) is 0 Å². The second-order valence-corrected chi connectivity index (χ2v) is 5.18. The largest absolute Gasteiger partial charge is 0.396 e. The minimum absolute atomic E-state index is 0.273. The number of hydrogen-bond donors (Lipinski definition) is 1. The van der Waals surface area contributed by atoms with Crippen molar-refractivity contribution in [1.82, 2.24) is 0 Å². The Morgan fingerprint density at radius 3 is 1.81 bits per heavy atom. The standard InChI is InChI=1S/C15H24O/c1-11(2)13-5-7-14(8-6-13)15(9-10-16)12(3)4/h5-8,11-12,15-16H,9-10H2,1-4H3. The first-order chi connectivity index (χ1) is 7.56. The first kappa shape index (κ1) is 13.2. The SMILES string of the molecule is CC(C)c1ccc(C(CCO)C(C)C)cc1. The van der Waals surface area contributed by atoms with E-state index in [2.05, 4.69) is 52.0 Å². The Hall–Kier alpha value is -0.820. The van der Waals surface area contributed by atoms with Gasteiger partial charge in [0.15, 0.2) is 0 Å². The van der Waals surface area contributed by atoms with E-state index in [1.165, 1.54) is 11.1 Å². The zero-order chi connectivity index (χ0) is 12.1. The lowest BCUT2D eigenvalue weighted by atomic mass is 9.85. The lowest BCUT2D eigenvalue weighted by Gasteiger charge is -2.21. The van der Waals surface area contributed by atoms with Crippen molar-refractivity contribution in [2.24, 2.45) is 5.92 Å². The van der Waals surface area contributed by atoms with Crippen LogP contribution in [0.1, 0.15) is 57.1 Å². The number of benzene rings is 1. The Labute approximate surface area is 99.5 Å². The molecule has 0 spiro atoms. The molecule has 1 atom stereocenters. The molecule has 0 saturated carbocycles. The summed E-state index contributed by atoms with van der Waals surface area (Å²) < 4.78 is 0. The van der Waals surface area contributed by atoms with Gasteiger partial charge in [0.05, 0.1) is 0 Å². The smallest absolute Gasteiger partial charge is 0.0436 e.